The number of esters is 1. The molecule has 8 heteroatoms. The summed E-state index contributed by atoms with van der Waals surface area (Å²) >= 11 is 0.425. The third-order valence-electron chi connectivity index (χ3n) is 3.74. The van der Waals surface area contributed by atoms with E-state index in [4.69, 9.17) is 4.74 Å². The van der Waals surface area contributed by atoms with E-state index in [1.807, 2.05) is 24.3 Å². The third-order valence-corrected chi connectivity index (χ3v) is 4.46. The van der Waals surface area contributed by atoms with E-state index < -0.39 is 24.2 Å². The molecule has 0 saturated carbocycles. The second-order valence-electron chi connectivity index (χ2n) is 5.65. The van der Waals surface area contributed by atoms with E-state index in [9.17, 15) is 18.4 Å². The molecule has 140 valence electrons. The quantitative estimate of drug-likeness (QED) is 0.468. The smallest absolute Gasteiger partial charge is 0.310 e. The Balaban J connectivity index is 1.48. The Morgan fingerprint density at radius 3 is 2.59 bits per heavy atom. The van der Waals surface area contributed by atoms with Gasteiger partial charge in [-0.15, -0.1) is 0 Å². The van der Waals surface area contributed by atoms with Gasteiger partial charge < -0.3 is 15.0 Å². The lowest BCUT2D eigenvalue weighted by Gasteiger charge is -2.07. The summed E-state index contributed by atoms with van der Waals surface area (Å²) in [6.07, 6.45) is 1.79. The van der Waals surface area contributed by atoms with Crippen LogP contribution in [0.2, 0.25) is 0 Å². The molecule has 0 radical (unpaired) electrons. The van der Waals surface area contributed by atoms with Crippen molar-refractivity contribution in [3.63, 3.8) is 0 Å². The molecule has 0 aliphatic heterocycles. The fourth-order valence-electron chi connectivity index (χ4n) is 2.55. The molecular weight excluding hydrogens is 374 g/mol. The highest BCUT2D eigenvalue weighted by atomic mass is 32.2. The van der Waals surface area contributed by atoms with Crippen molar-refractivity contribution < 1.29 is 23.1 Å². The summed E-state index contributed by atoms with van der Waals surface area (Å²) in [6, 6.07) is 13.6. The van der Waals surface area contributed by atoms with E-state index in [0.717, 1.165) is 16.5 Å². The molecule has 3 aromatic rings. The van der Waals surface area contributed by atoms with Crippen molar-refractivity contribution in [1.29, 1.82) is 0 Å². The summed E-state index contributed by atoms with van der Waals surface area (Å²) in [5.41, 5.74) is 2.15. The van der Waals surface area contributed by atoms with Crippen molar-refractivity contribution in [1.82, 2.24) is 4.98 Å². The number of carbonyl (C=O) groups excluding carboxylic acids is 2. The Hall–Kier alpha value is -2.87. The molecule has 0 aliphatic rings. The topological polar surface area (TPSA) is 71.2 Å². The molecule has 1 heterocycles. The van der Waals surface area contributed by atoms with E-state index in [1.165, 1.54) is 24.3 Å². The van der Waals surface area contributed by atoms with Crippen LogP contribution in [0.15, 0.2) is 59.6 Å². The zero-order valence-electron chi connectivity index (χ0n) is 14.1. The first kappa shape index (κ1) is 18.9. The van der Waals surface area contributed by atoms with E-state index in [2.05, 4.69) is 10.3 Å². The zero-order chi connectivity index (χ0) is 19.2. The number of halogens is 2. The van der Waals surface area contributed by atoms with Gasteiger partial charge in [0.1, 0.15) is 0 Å². The van der Waals surface area contributed by atoms with Gasteiger partial charge in [0.15, 0.2) is 6.61 Å². The summed E-state index contributed by atoms with van der Waals surface area (Å²) in [5, 5.41) is 3.48. The SMILES string of the molecule is O=C(COC(=O)Cc1c[nH]c2ccccc12)Nc1ccc(SC(F)F)cc1. The van der Waals surface area contributed by atoms with Crippen LogP contribution in [0.3, 0.4) is 0 Å². The second kappa shape index (κ2) is 8.68. The van der Waals surface area contributed by atoms with E-state index >= 15 is 0 Å². The van der Waals surface area contributed by atoms with Gasteiger partial charge in [0.25, 0.3) is 11.7 Å². The van der Waals surface area contributed by atoms with Crippen LogP contribution >= 0.6 is 11.8 Å². The molecule has 27 heavy (non-hydrogen) atoms. The molecule has 0 unspecified atom stereocenters. The maximum atomic E-state index is 12.3. The minimum Gasteiger partial charge on any atom is -0.455 e. The summed E-state index contributed by atoms with van der Waals surface area (Å²) in [7, 11) is 0. The number of alkyl halides is 2. The van der Waals surface area contributed by atoms with Crippen LogP contribution in [-0.4, -0.2) is 29.2 Å². The Morgan fingerprint density at radius 2 is 1.85 bits per heavy atom. The molecule has 5 nitrogen and oxygen atoms in total. The lowest BCUT2D eigenvalue weighted by molar-refractivity contribution is -0.146. The molecule has 1 aromatic heterocycles. The lowest BCUT2D eigenvalue weighted by Crippen LogP contribution is -2.21. The van der Waals surface area contributed by atoms with Crippen molar-refractivity contribution in [2.24, 2.45) is 0 Å². The Kier molecular flexibility index (Phi) is 6.08. The van der Waals surface area contributed by atoms with Gasteiger partial charge in [-0.1, -0.05) is 30.0 Å². The number of thioether (sulfide) groups is 1. The number of fused-ring (bicyclic) bond motifs is 1. The monoisotopic (exact) mass is 390 g/mol. The number of amides is 1. The number of carbonyl (C=O) groups is 2. The van der Waals surface area contributed by atoms with Gasteiger partial charge >= 0.3 is 5.97 Å². The number of aromatic amines is 1. The average Bonchev–Trinajstić information content (AvgIpc) is 3.04. The number of hydrogen-bond acceptors (Lipinski definition) is 4. The minimum absolute atomic E-state index is 0.0524. The fraction of sp³-hybridized carbons (Fsp3) is 0.158. The number of hydrogen-bond donors (Lipinski definition) is 2. The summed E-state index contributed by atoms with van der Waals surface area (Å²) in [5.74, 6) is -3.52. The highest BCUT2D eigenvalue weighted by Gasteiger charge is 2.12. The lowest BCUT2D eigenvalue weighted by atomic mass is 10.1. The van der Waals surface area contributed by atoms with Crippen LogP contribution in [-0.2, 0) is 20.7 Å². The van der Waals surface area contributed by atoms with Gasteiger partial charge in [-0.2, -0.15) is 8.78 Å². The number of anilines is 1. The number of para-hydroxylation sites is 1. The predicted molar refractivity (Wildman–Crippen MR) is 99.9 cm³/mol. The first-order chi connectivity index (χ1) is 13.0. The van der Waals surface area contributed by atoms with E-state index in [1.54, 1.807) is 6.20 Å². The van der Waals surface area contributed by atoms with Crippen molar-refractivity contribution in [3.8, 4) is 0 Å². The number of H-pyrrole nitrogens is 1. The fourth-order valence-corrected chi connectivity index (χ4v) is 3.05. The first-order valence-electron chi connectivity index (χ1n) is 8.06. The Morgan fingerprint density at radius 1 is 1.11 bits per heavy atom. The van der Waals surface area contributed by atoms with Gasteiger partial charge in [0, 0.05) is 27.7 Å². The molecule has 2 N–H and O–H groups in total. The number of aromatic nitrogens is 1. The number of nitrogens with one attached hydrogen (secondary N) is 2. The molecule has 3 rings (SSSR count). The van der Waals surface area contributed by atoms with E-state index in [-0.39, 0.29) is 6.42 Å². The largest absolute Gasteiger partial charge is 0.455 e. The minimum atomic E-state index is -2.50. The van der Waals surface area contributed by atoms with Crippen molar-refractivity contribution in [3.05, 3.63) is 60.3 Å². The number of ether oxygens (including phenoxy) is 1. The van der Waals surface area contributed by atoms with Crippen LogP contribution in [0.25, 0.3) is 10.9 Å². The zero-order valence-corrected chi connectivity index (χ0v) is 14.9. The van der Waals surface area contributed by atoms with Gasteiger partial charge in [-0.25, -0.2) is 0 Å². The van der Waals surface area contributed by atoms with Gasteiger partial charge in [-0.3, -0.25) is 9.59 Å². The highest BCUT2D eigenvalue weighted by molar-refractivity contribution is 7.99. The van der Waals surface area contributed by atoms with Crippen LogP contribution in [0.1, 0.15) is 5.56 Å². The maximum absolute atomic E-state index is 12.3. The molecule has 1 amide bonds. The summed E-state index contributed by atoms with van der Waals surface area (Å²) in [6.45, 7) is -0.422. The van der Waals surface area contributed by atoms with Crippen molar-refractivity contribution in [2.45, 2.75) is 17.1 Å². The van der Waals surface area contributed by atoms with E-state index in [0.29, 0.717) is 22.3 Å². The molecular formula is C19H16F2N2O3S. The second-order valence-corrected chi connectivity index (χ2v) is 6.71. The third kappa shape index (κ3) is 5.30. The molecule has 2 aromatic carbocycles. The van der Waals surface area contributed by atoms with Gasteiger partial charge in [0.05, 0.1) is 6.42 Å². The average molecular weight is 390 g/mol. The normalized spacial score (nSPS) is 10.9. The molecule has 0 saturated heterocycles. The summed E-state index contributed by atoms with van der Waals surface area (Å²) < 4.78 is 29.6. The van der Waals surface area contributed by atoms with Crippen molar-refractivity contribution in [2.75, 3.05) is 11.9 Å². The molecule has 0 atom stereocenters. The molecule has 0 bridgehead atoms. The number of rotatable bonds is 7. The Labute approximate surface area is 158 Å². The van der Waals surface area contributed by atoms with Crippen LogP contribution in [0.5, 0.6) is 0 Å². The maximum Gasteiger partial charge on any atom is 0.310 e. The van der Waals surface area contributed by atoms with Crippen LogP contribution in [0.4, 0.5) is 14.5 Å². The summed E-state index contributed by atoms with van der Waals surface area (Å²) in [4.78, 5) is 27.3. The van der Waals surface area contributed by atoms with Gasteiger partial charge in [-0.05, 0) is 35.9 Å². The van der Waals surface area contributed by atoms with Crippen LogP contribution in [0, 0.1) is 0 Å². The Bertz CT molecular complexity index is 942. The molecule has 0 fully saturated rings. The van der Waals surface area contributed by atoms with Crippen molar-refractivity contribution >= 4 is 40.2 Å². The van der Waals surface area contributed by atoms with Crippen LogP contribution < -0.4 is 5.32 Å². The van der Waals surface area contributed by atoms with Gasteiger partial charge in [0.2, 0.25) is 0 Å². The molecule has 0 aliphatic carbocycles. The number of benzene rings is 2. The standard InChI is InChI=1S/C19H16F2N2O3S/c20-19(21)27-14-7-5-13(6-8-14)23-17(24)11-26-18(25)9-12-10-22-16-4-2-1-3-15(12)16/h1-8,10,19,22H,9,11H2,(H,23,24). The first-order valence-corrected chi connectivity index (χ1v) is 8.94. The molecule has 0 spiro atoms. The predicted octanol–water partition coefficient (Wildman–Crippen LogP) is 4.21. The highest BCUT2D eigenvalue weighted by Crippen LogP contribution is 2.26.